The molecule has 1 aliphatic rings. The van der Waals surface area contributed by atoms with E-state index in [-0.39, 0.29) is 11.9 Å². The second-order valence-electron chi connectivity index (χ2n) is 5.77. The van der Waals surface area contributed by atoms with Gasteiger partial charge in [0, 0.05) is 13.1 Å². The first kappa shape index (κ1) is 14.7. The van der Waals surface area contributed by atoms with E-state index in [2.05, 4.69) is 21.2 Å². The fourth-order valence-electron chi connectivity index (χ4n) is 2.72. The Kier molecular flexibility index (Phi) is 3.90. The van der Waals surface area contributed by atoms with Crippen LogP contribution in [0.25, 0.3) is 0 Å². The number of hydrogen-bond acceptors (Lipinski definition) is 4. The Labute approximate surface area is 129 Å². The Morgan fingerprint density at radius 3 is 2.73 bits per heavy atom. The summed E-state index contributed by atoms with van der Waals surface area (Å²) >= 11 is 0. The summed E-state index contributed by atoms with van der Waals surface area (Å²) in [5.74, 6) is -0.915. The minimum Gasteiger partial charge on any atom is -0.505 e. The average Bonchev–Trinajstić information content (AvgIpc) is 2.86. The van der Waals surface area contributed by atoms with E-state index < -0.39 is 5.82 Å². The molecule has 1 heterocycles. The number of fused-ring (bicyclic) bond motifs is 1. The minimum atomic E-state index is -0.595. The maximum atomic E-state index is 13.7. The number of anilines is 2. The van der Waals surface area contributed by atoms with Gasteiger partial charge in [-0.25, -0.2) is 4.39 Å². The third-order valence-electron chi connectivity index (χ3n) is 3.89. The summed E-state index contributed by atoms with van der Waals surface area (Å²) in [5.41, 5.74) is 2.95. The summed E-state index contributed by atoms with van der Waals surface area (Å²) in [6.07, 6.45) is -0.132. The van der Waals surface area contributed by atoms with Crippen LogP contribution < -0.4 is 10.2 Å². The normalized spacial score (nSPS) is 16.7. The lowest BCUT2D eigenvalue weighted by molar-refractivity contribution is 0.409. The molecule has 0 fully saturated rings. The number of nitrogens with zero attached hydrogens (tertiary/aromatic N) is 2. The number of phenols is 1. The zero-order valence-corrected chi connectivity index (χ0v) is 12.8. The first-order valence-corrected chi connectivity index (χ1v) is 7.31. The smallest absolute Gasteiger partial charge is 0.165 e. The number of benzene rings is 2. The van der Waals surface area contributed by atoms with E-state index in [1.54, 1.807) is 6.07 Å². The SMILES string of the molecule is CN(C)CCN1c2ccccc2NC1c1ccc(O)c(F)c1. The summed E-state index contributed by atoms with van der Waals surface area (Å²) in [4.78, 5) is 4.34. The molecule has 0 radical (unpaired) electrons. The molecule has 3 rings (SSSR count). The molecule has 0 saturated heterocycles. The Morgan fingerprint density at radius 1 is 1.23 bits per heavy atom. The zero-order valence-electron chi connectivity index (χ0n) is 12.8. The molecule has 2 aromatic rings. The van der Waals surface area contributed by atoms with Crippen LogP contribution in [0.5, 0.6) is 5.75 Å². The molecule has 4 nitrogen and oxygen atoms in total. The van der Waals surface area contributed by atoms with Crippen LogP contribution in [0, 0.1) is 5.82 Å². The van der Waals surface area contributed by atoms with Crippen molar-refractivity contribution in [2.45, 2.75) is 6.17 Å². The summed E-state index contributed by atoms with van der Waals surface area (Å²) < 4.78 is 13.7. The number of nitrogens with one attached hydrogen (secondary N) is 1. The van der Waals surface area contributed by atoms with Gasteiger partial charge in [0.1, 0.15) is 6.17 Å². The van der Waals surface area contributed by atoms with Crippen LogP contribution in [-0.2, 0) is 0 Å². The molecule has 0 spiro atoms. The quantitative estimate of drug-likeness (QED) is 0.910. The van der Waals surface area contributed by atoms with Crippen molar-refractivity contribution in [1.82, 2.24) is 4.90 Å². The first-order valence-electron chi connectivity index (χ1n) is 7.31. The Balaban J connectivity index is 1.93. The van der Waals surface area contributed by atoms with Gasteiger partial charge in [-0.05, 0) is 43.9 Å². The predicted molar refractivity (Wildman–Crippen MR) is 86.8 cm³/mol. The molecular weight excluding hydrogens is 281 g/mol. The third kappa shape index (κ3) is 2.72. The Morgan fingerprint density at radius 2 is 2.00 bits per heavy atom. The molecule has 0 aromatic heterocycles. The van der Waals surface area contributed by atoms with E-state index in [0.717, 1.165) is 30.0 Å². The molecule has 0 saturated carbocycles. The van der Waals surface area contributed by atoms with Crippen molar-refractivity contribution in [2.75, 3.05) is 37.4 Å². The van der Waals surface area contributed by atoms with Gasteiger partial charge in [0.15, 0.2) is 11.6 Å². The van der Waals surface area contributed by atoms with E-state index in [4.69, 9.17) is 0 Å². The van der Waals surface area contributed by atoms with Crippen molar-refractivity contribution in [1.29, 1.82) is 0 Å². The van der Waals surface area contributed by atoms with E-state index >= 15 is 0 Å². The summed E-state index contributed by atoms with van der Waals surface area (Å²) in [7, 11) is 4.06. The maximum absolute atomic E-state index is 13.7. The van der Waals surface area contributed by atoms with Gasteiger partial charge in [-0.3, -0.25) is 0 Å². The second kappa shape index (κ2) is 5.85. The van der Waals surface area contributed by atoms with Crippen LogP contribution in [-0.4, -0.2) is 37.2 Å². The highest BCUT2D eigenvalue weighted by molar-refractivity contribution is 5.76. The largest absolute Gasteiger partial charge is 0.505 e. The highest BCUT2D eigenvalue weighted by Gasteiger charge is 2.29. The molecule has 2 aromatic carbocycles. The van der Waals surface area contributed by atoms with Crippen molar-refractivity contribution in [3.05, 3.63) is 53.8 Å². The molecular formula is C17H20FN3O. The van der Waals surface area contributed by atoms with E-state index in [0.29, 0.717) is 0 Å². The second-order valence-corrected chi connectivity index (χ2v) is 5.77. The van der Waals surface area contributed by atoms with Crippen molar-refractivity contribution in [2.24, 2.45) is 0 Å². The zero-order chi connectivity index (χ0) is 15.7. The molecule has 1 atom stereocenters. The number of hydrogen-bond donors (Lipinski definition) is 2. The van der Waals surface area contributed by atoms with Crippen molar-refractivity contribution in [3.8, 4) is 5.75 Å². The van der Waals surface area contributed by atoms with Gasteiger partial charge >= 0.3 is 0 Å². The van der Waals surface area contributed by atoms with Crippen LogP contribution in [0.4, 0.5) is 15.8 Å². The monoisotopic (exact) mass is 301 g/mol. The number of likely N-dealkylation sites (N-methyl/N-ethyl adjacent to an activating group) is 1. The number of aromatic hydroxyl groups is 1. The highest BCUT2D eigenvalue weighted by Crippen LogP contribution is 2.41. The molecule has 5 heteroatoms. The minimum absolute atomic E-state index is 0.132. The average molecular weight is 301 g/mol. The van der Waals surface area contributed by atoms with Crippen LogP contribution in [0.15, 0.2) is 42.5 Å². The van der Waals surface area contributed by atoms with Crippen molar-refractivity contribution >= 4 is 11.4 Å². The predicted octanol–water partition coefficient (Wildman–Crippen LogP) is 3.02. The fourth-order valence-corrected chi connectivity index (χ4v) is 2.72. The highest BCUT2D eigenvalue weighted by atomic mass is 19.1. The molecule has 0 aliphatic carbocycles. The molecule has 22 heavy (non-hydrogen) atoms. The Hall–Kier alpha value is -2.27. The topological polar surface area (TPSA) is 38.7 Å². The number of para-hydroxylation sites is 2. The van der Waals surface area contributed by atoms with Gasteiger partial charge in [0.25, 0.3) is 0 Å². The van der Waals surface area contributed by atoms with Crippen molar-refractivity contribution in [3.63, 3.8) is 0 Å². The molecule has 1 aliphatic heterocycles. The Bertz CT molecular complexity index is 675. The number of halogens is 1. The van der Waals surface area contributed by atoms with Gasteiger partial charge in [0.2, 0.25) is 0 Å². The van der Waals surface area contributed by atoms with Gasteiger partial charge in [-0.1, -0.05) is 18.2 Å². The lowest BCUT2D eigenvalue weighted by Gasteiger charge is -2.28. The van der Waals surface area contributed by atoms with Crippen molar-refractivity contribution < 1.29 is 9.50 Å². The van der Waals surface area contributed by atoms with Crippen LogP contribution in [0.1, 0.15) is 11.7 Å². The molecule has 2 N–H and O–H groups in total. The fraction of sp³-hybridized carbons (Fsp3) is 0.294. The van der Waals surface area contributed by atoms with E-state index in [1.165, 1.54) is 12.1 Å². The van der Waals surface area contributed by atoms with Crippen LogP contribution >= 0.6 is 0 Å². The van der Waals surface area contributed by atoms with Crippen LogP contribution in [0.3, 0.4) is 0 Å². The summed E-state index contributed by atoms with van der Waals surface area (Å²) in [5, 5.41) is 12.8. The summed E-state index contributed by atoms with van der Waals surface area (Å²) in [6, 6.07) is 12.6. The van der Waals surface area contributed by atoms with Crippen LogP contribution in [0.2, 0.25) is 0 Å². The lowest BCUT2D eigenvalue weighted by Crippen LogP contribution is -2.34. The third-order valence-corrected chi connectivity index (χ3v) is 3.89. The molecule has 0 amide bonds. The first-order chi connectivity index (χ1) is 10.6. The van der Waals surface area contributed by atoms with Gasteiger partial charge in [0.05, 0.1) is 11.4 Å². The van der Waals surface area contributed by atoms with Gasteiger partial charge in [-0.2, -0.15) is 0 Å². The lowest BCUT2D eigenvalue weighted by atomic mass is 10.1. The van der Waals surface area contributed by atoms with E-state index in [1.807, 2.05) is 32.3 Å². The number of phenolic OH excluding ortho intramolecular Hbond substituents is 1. The maximum Gasteiger partial charge on any atom is 0.165 e. The summed E-state index contributed by atoms with van der Waals surface area (Å²) in [6.45, 7) is 1.72. The standard InChI is InChI=1S/C17H20FN3O/c1-20(2)9-10-21-15-6-4-3-5-14(15)19-17(21)12-7-8-16(22)13(18)11-12/h3-8,11,17,19,22H,9-10H2,1-2H3. The number of rotatable bonds is 4. The van der Waals surface area contributed by atoms with Gasteiger partial charge < -0.3 is 20.2 Å². The molecule has 1 unspecified atom stereocenters. The van der Waals surface area contributed by atoms with E-state index in [9.17, 15) is 9.50 Å². The molecule has 0 bridgehead atoms. The van der Waals surface area contributed by atoms with Gasteiger partial charge in [-0.15, -0.1) is 0 Å². The molecule has 116 valence electrons.